The number of likely N-dealkylation sites (N-methyl/N-ethyl adjacent to an activating group) is 1. The number of carbonyl (C=O) groups is 1. The minimum atomic E-state index is -0.00612. The largest absolute Gasteiger partial charge is 0.376 e. The molecule has 88 valence electrons. The Morgan fingerprint density at radius 1 is 1.29 bits per heavy atom. The summed E-state index contributed by atoms with van der Waals surface area (Å²) in [4.78, 5) is 15.6. The molecule has 1 amide bonds. The summed E-state index contributed by atoms with van der Waals surface area (Å²) < 4.78 is 0. The topological polar surface area (TPSA) is 54.0 Å². The smallest absolute Gasteiger partial charge is 0.239 e. The van der Waals surface area contributed by atoms with Crippen molar-refractivity contribution in [2.75, 3.05) is 18.4 Å². The van der Waals surface area contributed by atoms with Crippen LogP contribution in [0.5, 0.6) is 0 Å². The van der Waals surface area contributed by atoms with Crippen molar-refractivity contribution in [2.45, 2.75) is 6.92 Å². The lowest BCUT2D eigenvalue weighted by atomic mass is 10.2. The summed E-state index contributed by atoms with van der Waals surface area (Å²) in [5.41, 5.74) is 1.86. The van der Waals surface area contributed by atoms with Crippen LogP contribution in [-0.4, -0.2) is 24.0 Å². The zero-order valence-corrected chi connectivity index (χ0v) is 9.73. The first-order valence-corrected chi connectivity index (χ1v) is 5.65. The average Bonchev–Trinajstić information content (AvgIpc) is 2.36. The second kappa shape index (κ2) is 5.30. The molecule has 2 N–H and O–H groups in total. The van der Waals surface area contributed by atoms with Gasteiger partial charge >= 0.3 is 0 Å². The number of amides is 1. The van der Waals surface area contributed by atoms with E-state index in [1.165, 1.54) is 0 Å². The molecule has 1 heterocycles. The van der Waals surface area contributed by atoms with Gasteiger partial charge in [0.05, 0.1) is 12.1 Å². The van der Waals surface area contributed by atoms with Crippen LogP contribution in [0.2, 0.25) is 0 Å². The molecule has 1 aromatic heterocycles. The van der Waals surface area contributed by atoms with E-state index in [9.17, 15) is 4.79 Å². The van der Waals surface area contributed by atoms with Gasteiger partial charge in [-0.2, -0.15) is 0 Å². The molecule has 0 saturated heterocycles. The van der Waals surface area contributed by atoms with Crippen LogP contribution < -0.4 is 10.6 Å². The van der Waals surface area contributed by atoms with E-state index in [2.05, 4.69) is 15.6 Å². The summed E-state index contributed by atoms with van der Waals surface area (Å²) in [5.74, 6) is -0.00612. The van der Waals surface area contributed by atoms with Crippen LogP contribution in [0.4, 0.5) is 5.69 Å². The molecular formula is C13H15N3O. The molecular weight excluding hydrogens is 214 g/mol. The summed E-state index contributed by atoms with van der Waals surface area (Å²) in [7, 11) is 0. The van der Waals surface area contributed by atoms with E-state index in [1.807, 2.05) is 37.3 Å². The minimum absolute atomic E-state index is 0.00612. The predicted molar refractivity (Wildman–Crippen MR) is 68.9 cm³/mol. The Labute approximate surface area is 100 Å². The molecule has 0 aliphatic carbocycles. The van der Waals surface area contributed by atoms with E-state index in [4.69, 9.17) is 0 Å². The molecule has 0 unspecified atom stereocenters. The van der Waals surface area contributed by atoms with Crippen molar-refractivity contribution in [3.8, 4) is 0 Å². The molecule has 0 radical (unpaired) electrons. The van der Waals surface area contributed by atoms with Crippen LogP contribution in [0.1, 0.15) is 6.92 Å². The minimum Gasteiger partial charge on any atom is -0.376 e. The summed E-state index contributed by atoms with van der Waals surface area (Å²) in [6.45, 7) is 2.83. The summed E-state index contributed by atoms with van der Waals surface area (Å²) in [6.07, 6.45) is 1.76. The van der Waals surface area contributed by atoms with E-state index in [-0.39, 0.29) is 12.5 Å². The third kappa shape index (κ3) is 2.72. The second-order valence-corrected chi connectivity index (χ2v) is 3.68. The van der Waals surface area contributed by atoms with Gasteiger partial charge in [-0.15, -0.1) is 0 Å². The highest BCUT2D eigenvalue weighted by molar-refractivity contribution is 5.92. The monoisotopic (exact) mass is 229 g/mol. The predicted octanol–water partition coefficient (Wildman–Crippen LogP) is 1.78. The first-order valence-electron chi connectivity index (χ1n) is 5.65. The highest BCUT2D eigenvalue weighted by atomic mass is 16.1. The molecule has 0 fully saturated rings. The zero-order chi connectivity index (χ0) is 12.1. The maximum absolute atomic E-state index is 11.4. The standard InChI is InChI=1S/C13H15N3O/c1-2-14-13(17)9-16-12-7-3-6-11-10(12)5-4-8-15-11/h3-8,16H,2,9H2,1H3,(H,14,17). The van der Waals surface area contributed by atoms with Crippen LogP contribution >= 0.6 is 0 Å². The lowest BCUT2D eigenvalue weighted by Gasteiger charge is -2.08. The van der Waals surface area contributed by atoms with E-state index in [0.29, 0.717) is 6.54 Å². The Morgan fingerprint density at radius 3 is 3.00 bits per heavy atom. The molecule has 4 nitrogen and oxygen atoms in total. The summed E-state index contributed by atoms with van der Waals surface area (Å²) in [6, 6.07) is 9.70. The second-order valence-electron chi connectivity index (χ2n) is 3.68. The third-order valence-electron chi connectivity index (χ3n) is 2.46. The highest BCUT2D eigenvalue weighted by Crippen LogP contribution is 2.20. The number of benzene rings is 1. The van der Waals surface area contributed by atoms with Crippen LogP contribution in [0.25, 0.3) is 10.9 Å². The van der Waals surface area contributed by atoms with E-state index >= 15 is 0 Å². The maximum Gasteiger partial charge on any atom is 0.239 e. The molecule has 0 saturated carbocycles. The lowest BCUT2D eigenvalue weighted by molar-refractivity contribution is -0.119. The van der Waals surface area contributed by atoms with Gasteiger partial charge < -0.3 is 10.6 Å². The fraction of sp³-hybridized carbons (Fsp3) is 0.231. The van der Waals surface area contributed by atoms with E-state index in [1.54, 1.807) is 6.20 Å². The van der Waals surface area contributed by atoms with Gasteiger partial charge in [0, 0.05) is 23.8 Å². The van der Waals surface area contributed by atoms with Gasteiger partial charge in [0.1, 0.15) is 0 Å². The molecule has 0 bridgehead atoms. The normalized spacial score (nSPS) is 10.2. The fourth-order valence-electron chi connectivity index (χ4n) is 1.69. The van der Waals surface area contributed by atoms with Crippen molar-refractivity contribution in [1.82, 2.24) is 10.3 Å². The van der Waals surface area contributed by atoms with Crippen LogP contribution in [0.3, 0.4) is 0 Å². The number of rotatable bonds is 4. The Morgan fingerprint density at radius 2 is 2.18 bits per heavy atom. The third-order valence-corrected chi connectivity index (χ3v) is 2.46. The van der Waals surface area contributed by atoms with Gasteiger partial charge in [0.15, 0.2) is 0 Å². The summed E-state index contributed by atoms with van der Waals surface area (Å²) in [5, 5.41) is 6.89. The molecule has 0 spiro atoms. The molecule has 0 aliphatic rings. The Hall–Kier alpha value is -2.10. The number of hydrogen-bond donors (Lipinski definition) is 2. The Balaban J connectivity index is 2.16. The number of aromatic nitrogens is 1. The van der Waals surface area contributed by atoms with Crippen molar-refractivity contribution in [1.29, 1.82) is 0 Å². The lowest BCUT2D eigenvalue weighted by Crippen LogP contribution is -2.29. The number of nitrogens with one attached hydrogen (secondary N) is 2. The molecule has 17 heavy (non-hydrogen) atoms. The van der Waals surface area contributed by atoms with Crippen molar-refractivity contribution >= 4 is 22.5 Å². The Kier molecular flexibility index (Phi) is 3.55. The first kappa shape index (κ1) is 11.4. The van der Waals surface area contributed by atoms with Gasteiger partial charge in [0.2, 0.25) is 5.91 Å². The summed E-state index contributed by atoms with van der Waals surface area (Å²) >= 11 is 0. The van der Waals surface area contributed by atoms with Crippen LogP contribution in [0.15, 0.2) is 36.5 Å². The Bertz CT molecular complexity index is 520. The van der Waals surface area contributed by atoms with Crippen molar-refractivity contribution in [2.24, 2.45) is 0 Å². The zero-order valence-electron chi connectivity index (χ0n) is 9.73. The molecule has 4 heteroatoms. The van der Waals surface area contributed by atoms with Crippen molar-refractivity contribution in [3.05, 3.63) is 36.5 Å². The number of nitrogens with zero attached hydrogens (tertiary/aromatic N) is 1. The van der Waals surface area contributed by atoms with Gasteiger partial charge in [-0.25, -0.2) is 0 Å². The molecule has 1 aromatic carbocycles. The van der Waals surface area contributed by atoms with E-state index < -0.39 is 0 Å². The SMILES string of the molecule is CCNC(=O)CNc1cccc2ncccc12. The molecule has 2 rings (SSSR count). The molecule has 0 atom stereocenters. The number of anilines is 1. The number of carbonyl (C=O) groups excluding carboxylic acids is 1. The first-order chi connectivity index (χ1) is 8.31. The van der Waals surface area contributed by atoms with Crippen molar-refractivity contribution < 1.29 is 4.79 Å². The maximum atomic E-state index is 11.4. The van der Waals surface area contributed by atoms with Gasteiger partial charge in [0.25, 0.3) is 0 Å². The molecule has 2 aromatic rings. The quantitative estimate of drug-likeness (QED) is 0.840. The number of pyridine rings is 1. The molecule has 0 aliphatic heterocycles. The van der Waals surface area contributed by atoms with Gasteiger partial charge in [-0.3, -0.25) is 9.78 Å². The van der Waals surface area contributed by atoms with Crippen LogP contribution in [0, 0.1) is 0 Å². The number of fused-ring (bicyclic) bond motifs is 1. The fourth-order valence-corrected chi connectivity index (χ4v) is 1.69. The van der Waals surface area contributed by atoms with Gasteiger partial charge in [-0.05, 0) is 31.2 Å². The van der Waals surface area contributed by atoms with E-state index in [0.717, 1.165) is 16.6 Å². The average molecular weight is 229 g/mol. The van der Waals surface area contributed by atoms with Crippen molar-refractivity contribution in [3.63, 3.8) is 0 Å². The van der Waals surface area contributed by atoms with Gasteiger partial charge in [-0.1, -0.05) is 6.07 Å². The highest BCUT2D eigenvalue weighted by Gasteiger charge is 2.02. The number of hydrogen-bond acceptors (Lipinski definition) is 3. The van der Waals surface area contributed by atoms with Crippen LogP contribution in [-0.2, 0) is 4.79 Å².